The summed E-state index contributed by atoms with van der Waals surface area (Å²) < 4.78 is 4.07. The Kier molecular flexibility index (Phi) is 5.40. The standard InChI is InChI=1S/C23H26N6OS/c1-16-7-5-8-17(2)28(16)21(30)14-27-19-10-3-4-11-20(19)29-22(27)25-26-23(29)31-15-18-9-6-12-24-13-18/h3-4,6,9-13,16-17H,5,7-8,14-15H2,1-2H3. The maximum absolute atomic E-state index is 13.3. The summed E-state index contributed by atoms with van der Waals surface area (Å²) in [6.07, 6.45) is 6.97. The van der Waals surface area contributed by atoms with E-state index in [9.17, 15) is 4.79 Å². The Hall–Kier alpha value is -2.87. The Bertz CT molecular complexity index is 1210. The van der Waals surface area contributed by atoms with E-state index >= 15 is 0 Å². The Morgan fingerprint density at radius 3 is 2.58 bits per heavy atom. The van der Waals surface area contributed by atoms with Crippen molar-refractivity contribution in [2.75, 3.05) is 0 Å². The van der Waals surface area contributed by atoms with Crippen molar-refractivity contribution in [3.8, 4) is 0 Å². The van der Waals surface area contributed by atoms with Gasteiger partial charge in [-0.15, -0.1) is 10.2 Å². The fraction of sp³-hybridized carbons (Fsp3) is 0.391. The number of para-hydroxylation sites is 2. The first-order valence-corrected chi connectivity index (χ1v) is 11.8. The number of hydrogen-bond acceptors (Lipinski definition) is 5. The Morgan fingerprint density at radius 1 is 1.06 bits per heavy atom. The third kappa shape index (κ3) is 3.69. The van der Waals surface area contributed by atoms with Crippen LogP contribution in [0.2, 0.25) is 0 Å². The van der Waals surface area contributed by atoms with Gasteiger partial charge in [-0.2, -0.15) is 0 Å². The topological polar surface area (TPSA) is 68.3 Å². The number of rotatable bonds is 5. The van der Waals surface area contributed by atoms with E-state index in [4.69, 9.17) is 0 Å². The van der Waals surface area contributed by atoms with Crippen LogP contribution in [0.5, 0.6) is 0 Å². The van der Waals surface area contributed by atoms with Crippen molar-refractivity contribution in [1.82, 2.24) is 29.0 Å². The smallest absolute Gasteiger partial charge is 0.243 e. The van der Waals surface area contributed by atoms with E-state index in [0.29, 0.717) is 5.78 Å². The second-order valence-corrected chi connectivity index (χ2v) is 9.22. The molecule has 0 radical (unpaired) electrons. The molecule has 31 heavy (non-hydrogen) atoms. The third-order valence-electron chi connectivity index (χ3n) is 6.14. The minimum Gasteiger partial charge on any atom is -0.336 e. The van der Waals surface area contributed by atoms with Gasteiger partial charge < -0.3 is 4.90 Å². The Labute approximate surface area is 185 Å². The molecule has 0 N–H and O–H groups in total. The number of amides is 1. The summed E-state index contributed by atoms with van der Waals surface area (Å²) >= 11 is 1.63. The number of pyridine rings is 1. The number of piperidine rings is 1. The van der Waals surface area contributed by atoms with E-state index in [-0.39, 0.29) is 24.5 Å². The molecule has 4 aromatic rings. The molecule has 3 aromatic heterocycles. The van der Waals surface area contributed by atoms with Crippen LogP contribution in [-0.2, 0) is 17.1 Å². The molecule has 4 heterocycles. The van der Waals surface area contributed by atoms with Crippen LogP contribution in [0.1, 0.15) is 38.7 Å². The molecular weight excluding hydrogens is 408 g/mol. The van der Waals surface area contributed by atoms with Crippen LogP contribution >= 0.6 is 11.8 Å². The van der Waals surface area contributed by atoms with Crippen molar-refractivity contribution >= 4 is 34.5 Å². The maximum atomic E-state index is 13.3. The summed E-state index contributed by atoms with van der Waals surface area (Å²) in [5, 5.41) is 9.73. The van der Waals surface area contributed by atoms with E-state index in [0.717, 1.165) is 40.3 Å². The van der Waals surface area contributed by atoms with Crippen LogP contribution in [0, 0.1) is 0 Å². The van der Waals surface area contributed by atoms with Crippen LogP contribution in [0.4, 0.5) is 0 Å². The van der Waals surface area contributed by atoms with Gasteiger partial charge in [0.2, 0.25) is 11.7 Å². The van der Waals surface area contributed by atoms with Crippen LogP contribution in [0.15, 0.2) is 53.9 Å². The highest BCUT2D eigenvalue weighted by atomic mass is 32.2. The number of benzene rings is 1. The van der Waals surface area contributed by atoms with Gasteiger partial charge in [0, 0.05) is 30.2 Å². The molecule has 0 aliphatic carbocycles. The first kappa shape index (κ1) is 20.1. The molecule has 0 bridgehead atoms. The molecule has 8 heteroatoms. The number of carbonyl (C=O) groups is 1. The molecule has 1 aliphatic heterocycles. The van der Waals surface area contributed by atoms with Gasteiger partial charge in [0.1, 0.15) is 6.54 Å². The minimum atomic E-state index is 0.149. The summed E-state index contributed by atoms with van der Waals surface area (Å²) in [5.74, 6) is 1.62. The van der Waals surface area contributed by atoms with Gasteiger partial charge in [-0.3, -0.25) is 18.7 Å². The van der Waals surface area contributed by atoms with Gasteiger partial charge in [0.15, 0.2) is 5.16 Å². The van der Waals surface area contributed by atoms with Crippen LogP contribution < -0.4 is 0 Å². The number of likely N-dealkylation sites (tertiary alicyclic amines) is 1. The third-order valence-corrected chi connectivity index (χ3v) is 7.14. The molecule has 2 unspecified atom stereocenters. The van der Waals surface area contributed by atoms with Crippen molar-refractivity contribution in [3.63, 3.8) is 0 Å². The van der Waals surface area contributed by atoms with E-state index in [1.165, 1.54) is 6.42 Å². The molecule has 1 fully saturated rings. The predicted octanol–water partition coefficient (Wildman–Crippen LogP) is 4.16. The first-order valence-electron chi connectivity index (χ1n) is 10.8. The van der Waals surface area contributed by atoms with E-state index in [1.54, 1.807) is 18.0 Å². The summed E-state index contributed by atoms with van der Waals surface area (Å²) in [6, 6.07) is 12.7. The highest BCUT2D eigenvalue weighted by Crippen LogP contribution is 2.29. The SMILES string of the molecule is CC1CCCC(C)N1C(=O)Cn1c2ccccc2n2c(SCc3cccnc3)nnc12. The summed E-state index contributed by atoms with van der Waals surface area (Å²) in [7, 11) is 0. The van der Waals surface area contributed by atoms with Crippen molar-refractivity contribution in [2.24, 2.45) is 0 Å². The summed E-state index contributed by atoms with van der Waals surface area (Å²) in [5.41, 5.74) is 3.15. The van der Waals surface area contributed by atoms with Gasteiger partial charge in [-0.05, 0) is 56.9 Å². The van der Waals surface area contributed by atoms with Gasteiger partial charge in [0.05, 0.1) is 11.0 Å². The van der Waals surface area contributed by atoms with E-state index < -0.39 is 0 Å². The molecule has 0 spiro atoms. The number of carbonyl (C=O) groups excluding carboxylic acids is 1. The van der Waals surface area contributed by atoms with Crippen molar-refractivity contribution < 1.29 is 4.79 Å². The first-order chi connectivity index (χ1) is 15.1. The second-order valence-electron chi connectivity index (χ2n) is 8.27. The Morgan fingerprint density at radius 2 is 1.84 bits per heavy atom. The largest absolute Gasteiger partial charge is 0.336 e. The zero-order valence-corrected chi connectivity index (χ0v) is 18.6. The lowest BCUT2D eigenvalue weighted by atomic mass is 9.97. The number of thioether (sulfide) groups is 1. The van der Waals surface area contributed by atoms with Crippen molar-refractivity contribution in [3.05, 3.63) is 54.4 Å². The molecule has 1 saturated heterocycles. The molecule has 7 nitrogen and oxygen atoms in total. The molecular formula is C23H26N6OS. The highest BCUT2D eigenvalue weighted by molar-refractivity contribution is 7.98. The van der Waals surface area contributed by atoms with E-state index in [1.807, 2.05) is 29.0 Å². The number of nitrogens with zero attached hydrogens (tertiary/aromatic N) is 6. The van der Waals surface area contributed by atoms with Crippen molar-refractivity contribution in [1.29, 1.82) is 0 Å². The van der Waals surface area contributed by atoms with Crippen LogP contribution in [0.25, 0.3) is 16.8 Å². The highest BCUT2D eigenvalue weighted by Gasteiger charge is 2.30. The normalized spacial score (nSPS) is 19.4. The lowest BCUT2D eigenvalue weighted by Gasteiger charge is -2.39. The molecule has 5 rings (SSSR count). The maximum Gasteiger partial charge on any atom is 0.243 e. The molecule has 1 aliphatic rings. The molecule has 2 atom stereocenters. The van der Waals surface area contributed by atoms with Crippen LogP contribution in [-0.4, -0.2) is 47.0 Å². The zero-order valence-electron chi connectivity index (χ0n) is 17.8. The van der Waals surface area contributed by atoms with Gasteiger partial charge in [-0.25, -0.2) is 0 Å². The molecule has 1 aromatic carbocycles. The second kappa shape index (κ2) is 8.34. The number of aromatic nitrogens is 5. The zero-order chi connectivity index (χ0) is 21.4. The molecule has 1 amide bonds. The summed E-state index contributed by atoms with van der Waals surface area (Å²) in [6.45, 7) is 4.58. The predicted molar refractivity (Wildman–Crippen MR) is 122 cm³/mol. The fourth-order valence-electron chi connectivity index (χ4n) is 4.65. The molecule has 0 saturated carbocycles. The van der Waals surface area contributed by atoms with Crippen molar-refractivity contribution in [2.45, 2.75) is 62.6 Å². The fourth-order valence-corrected chi connectivity index (χ4v) is 5.52. The Balaban J connectivity index is 1.49. The number of fused-ring (bicyclic) bond motifs is 3. The average Bonchev–Trinajstić information content (AvgIpc) is 3.32. The van der Waals surface area contributed by atoms with Gasteiger partial charge in [-0.1, -0.05) is 30.0 Å². The number of imidazole rings is 1. The quantitative estimate of drug-likeness (QED) is 0.441. The monoisotopic (exact) mass is 434 g/mol. The minimum absolute atomic E-state index is 0.149. The summed E-state index contributed by atoms with van der Waals surface area (Å²) in [4.78, 5) is 19.6. The average molecular weight is 435 g/mol. The molecule has 160 valence electrons. The van der Waals surface area contributed by atoms with E-state index in [2.05, 4.69) is 56.5 Å². The van der Waals surface area contributed by atoms with Crippen LogP contribution in [0.3, 0.4) is 0 Å². The lowest BCUT2D eigenvalue weighted by Crippen LogP contribution is -2.48. The lowest BCUT2D eigenvalue weighted by molar-refractivity contribution is -0.137. The van der Waals surface area contributed by atoms with Gasteiger partial charge in [0.25, 0.3) is 0 Å². The number of hydrogen-bond donors (Lipinski definition) is 0. The van der Waals surface area contributed by atoms with Gasteiger partial charge >= 0.3 is 0 Å².